The van der Waals surface area contributed by atoms with E-state index in [0.29, 0.717) is 5.75 Å². The molecular weight excluding hydrogens is 317 g/mol. The summed E-state index contributed by atoms with van der Waals surface area (Å²) >= 11 is 0. The third kappa shape index (κ3) is 4.39. The van der Waals surface area contributed by atoms with Crippen molar-refractivity contribution < 1.29 is 9.13 Å². The van der Waals surface area contributed by atoms with Crippen molar-refractivity contribution in [2.75, 3.05) is 0 Å². The van der Waals surface area contributed by atoms with Gasteiger partial charge < -0.3 is 10.1 Å². The summed E-state index contributed by atoms with van der Waals surface area (Å²) in [6.45, 7) is 3.99. The lowest BCUT2D eigenvalue weighted by atomic mass is 10.1. The second kappa shape index (κ2) is 7.85. The maximum atomic E-state index is 14.4. The monoisotopic (exact) mass is 337 g/mol. The Bertz CT molecular complexity index is 812. The van der Waals surface area contributed by atoms with Crippen LogP contribution in [0.5, 0.6) is 11.5 Å². The fourth-order valence-electron chi connectivity index (χ4n) is 2.58. The van der Waals surface area contributed by atoms with Gasteiger partial charge in [0.25, 0.3) is 0 Å². The first-order chi connectivity index (χ1) is 12.1. The zero-order valence-electron chi connectivity index (χ0n) is 14.2. The van der Waals surface area contributed by atoms with Crippen LogP contribution >= 0.6 is 0 Å². The zero-order valence-corrected chi connectivity index (χ0v) is 14.2. The van der Waals surface area contributed by atoms with E-state index >= 15 is 0 Å². The first-order valence-corrected chi connectivity index (χ1v) is 8.18. The molecule has 0 saturated heterocycles. The van der Waals surface area contributed by atoms with Gasteiger partial charge in [-0.3, -0.25) is 9.97 Å². The number of benzene rings is 2. The summed E-state index contributed by atoms with van der Waals surface area (Å²) in [5, 5.41) is 3.40. The Morgan fingerprint density at radius 2 is 1.80 bits per heavy atom. The van der Waals surface area contributed by atoms with E-state index in [2.05, 4.69) is 15.3 Å². The van der Waals surface area contributed by atoms with Crippen molar-refractivity contribution in [2.45, 2.75) is 25.9 Å². The molecule has 0 fully saturated rings. The van der Waals surface area contributed by atoms with Gasteiger partial charge in [0.15, 0.2) is 11.6 Å². The smallest absolute Gasteiger partial charge is 0.166 e. The van der Waals surface area contributed by atoms with E-state index in [0.717, 1.165) is 11.3 Å². The molecule has 0 spiro atoms. The van der Waals surface area contributed by atoms with Crippen LogP contribution in [0.25, 0.3) is 0 Å². The van der Waals surface area contributed by atoms with E-state index in [4.69, 9.17) is 4.74 Å². The number of halogens is 1. The van der Waals surface area contributed by atoms with Crippen molar-refractivity contribution in [3.63, 3.8) is 0 Å². The lowest BCUT2D eigenvalue weighted by Gasteiger charge is -2.20. The average Bonchev–Trinajstić information content (AvgIpc) is 2.65. The first kappa shape index (κ1) is 17.0. The predicted octanol–water partition coefficient (Wildman–Crippen LogP) is 4.82. The van der Waals surface area contributed by atoms with Crippen LogP contribution in [-0.2, 0) is 0 Å². The number of para-hydroxylation sites is 1. The van der Waals surface area contributed by atoms with Crippen LogP contribution in [0.4, 0.5) is 4.39 Å². The Balaban J connectivity index is 1.69. The van der Waals surface area contributed by atoms with Gasteiger partial charge in [0.1, 0.15) is 5.75 Å². The second-order valence-electron chi connectivity index (χ2n) is 5.85. The molecule has 2 aromatic carbocycles. The van der Waals surface area contributed by atoms with E-state index in [1.807, 2.05) is 38.1 Å². The number of aromatic nitrogens is 2. The fourth-order valence-corrected chi connectivity index (χ4v) is 2.58. The number of nitrogens with zero attached hydrogens (tertiary/aromatic N) is 2. The molecule has 5 heteroatoms. The molecule has 0 bridgehead atoms. The average molecular weight is 337 g/mol. The molecule has 4 nitrogen and oxygen atoms in total. The summed E-state index contributed by atoms with van der Waals surface area (Å²) in [5.74, 6) is 0.433. The number of nitrogens with one attached hydrogen (secondary N) is 1. The lowest BCUT2D eigenvalue weighted by Crippen LogP contribution is -2.23. The fraction of sp³-hybridized carbons (Fsp3) is 0.200. The van der Waals surface area contributed by atoms with Gasteiger partial charge in [0, 0.05) is 30.7 Å². The van der Waals surface area contributed by atoms with E-state index < -0.39 is 0 Å². The maximum Gasteiger partial charge on any atom is 0.166 e. The molecule has 2 atom stereocenters. The lowest BCUT2D eigenvalue weighted by molar-refractivity contribution is 0.438. The molecule has 3 aromatic rings. The highest BCUT2D eigenvalue weighted by atomic mass is 19.1. The highest BCUT2D eigenvalue weighted by Crippen LogP contribution is 2.27. The van der Waals surface area contributed by atoms with Crippen LogP contribution in [0.3, 0.4) is 0 Å². The van der Waals surface area contributed by atoms with E-state index in [9.17, 15) is 4.39 Å². The normalized spacial score (nSPS) is 13.2. The topological polar surface area (TPSA) is 47.0 Å². The molecular formula is C20H20FN3O. The Hall–Kier alpha value is -2.79. The van der Waals surface area contributed by atoms with Crippen LogP contribution in [0.15, 0.2) is 67.1 Å². The Labute approximate surface area is 146 Å². The van der Waals surface area contributed by atoms with Gasteiger partial charge in [-0.05, 0) is 43.7 Å². The van der Waals surface area contributed by atoms with Gasteiger partial charge in [-0.25, -0.2) is 4.39 Å². The summed E-state index contributed by atoms with van der Waals surface area (Å²) in [6.07, 6.45) is 5.02. The second-order valence-corrected chi connectivity index (χ2v) is 5.85. The van der Waals surface area contributed by atoms with Gasteiger partial charge in [0.05, 0.1) is 5.69 Å². The number of rotatable bonds is 6. The number of ether oxygens (including phenoxy) is 1. The molecule has 0 aliphatic heterocycles. The standard InChI is InChI=1S/C20H20FN3O/c1-14(24-15(2)19-13-22-10-11-23-19)16-8-9-20(18(21)12-16)25-17-6-4-3-5-7-17/h3-15,24H,1-2H3. The molecule has 1 N–H and O–H groups in total. The minimum atomic E-state index is -0.387. The van der Waals surface area contributed by atoms with Gasteiger partial charge in [-0.1, -0.05) is 24.3 Å². The van der Waals surface area contributed by atoms with Crippen molar-refractivity contribution in [3.8, 4) is 11.5 Å². The Kier molecular flexibility index (Phi) is 5.36. The number of hydrogen-bond acceptors (Lipinski definition) is 4. The van der Waals surface area contributed by atoms with Gasteiger partial charge in [-0.15, -0.1) is 0 Å². The van der Waals surface area contributed by atoms with Crippen molar-refractivity contribution in [2.24, 2.45) is 0 Å². The highest BCUT2D eigenvalue weighted by Gasteiger charge is 2.14. The quantitative estimate of drug-likeness (QED) is 0.700. The molecule has 0 amide bonds. The predicted molar refractivity (Wildman–Crippen MR) is 94.9 cm³/mol. The summed E-state index contributed by atoms with van der Waals surface area (Å²) in [7, 11) is 0. The van der Waals surface area contributed by atoms with E-state index in [-0.39, 0.29) is 23.7 Å². The molecule has 25 heavy (non-hydrogen) atoms. The van der Waals surface area contributed by atoms with Crippen molar-refractivity contribution >= 4 is 0 Å². The van der Waals surface area contributed by atoms with E-state index in [1.165, 1.54) is 6.07 Å². The Morgan fingerprint density at radius 1 is 1.00 bits per heavy atom. The Morgan fingerprint density at radius 3 is 2.48 bits per heavy atom. The largest absolute Gasteiger partial charge is 0.454 e. The molecule has 2 unspecified atom stereocenters. The van der Waals surface area contributed by atoms with Crippen LogP contribution in [-0.4, -0.2) is 9.97 Å². The van der Waals surface area contributed by atoms with Crippen molar-refractivity contribution in [3.05, 3.63) is 84.2 Å². The minimum Gasteiger partial charge on any atom is -0.454 e. The summed E-state index contributed by atoms with van der Waals surface area (Å²) < 4.78 is 20.0. The van der Waals surface area contributed by atoms with Crippen LogP contribution in [0.2, 0.25) is 0 Å². The molecule has 3 rings (SSSR count). The van der Waals surface area contributed by atoms with Crippen molar-refractivity contribution in [1.29, 1.82) is 0 Å². The molecule has 0 aliphatic carbocycles. The SMILES string of the molecule is CC(NC(C)c1cnccn1)c1ccc(Oc2ccccc2)c(F)c1. The van der Waals surface area contributed by atoms with E-state index in [1.54, 1.807) is 36.8 Å². The first-order valence-electron chi connectivity index (χ1n) is 8.18. The summed E-state index contributed by atoms with van der Waals surface area (Å²) in [4.78, 5) is 8.36. The zero-order chi connectivity index (χ0) is 17.6. The van der Waals surface area contributed by atoms with Crippen LogP contribution in [0.1, 0.15) is 37.2 Å². The molecule has 0 radical (unpaired) electrons. The third-order valence-electron chi connectivity index (χ3n) is 3.95. The van der Waals surface area contributed by atoms with Crippen LogP contribution < -0.4 is 10.1 Å². The van der Waals surface area contributed by atoms with Crippen molar-refractivity contribution in [1.82, 2.24) is 15.3 Å². The third-order valence-corrected chi connectivity index (χ3v) is 3.95. The molecule has 128 valence electrons. The molecule has 0 saturated carbocycles. The molecule has 1 heterocycles. The minimum absolute atomic E-state index is 0.00649. The van der Waals surface area contributed by atoms with Crippen LogP contribution in [0, 0.1) is 5.82 Å². The molecule has 1 aromatic heterocycles. The molecule has 0 aliphatic rings. The highest BCUT2D eigenvalue weighted by molar-refractivity contribution is 5.35. The number of hydrogen-bond donors (Lipinski definition) is 1. The summed E-state index contributed by atoms with van der Waals surface area (Å²) in [5.41, 5.74) is 1.69. The maximum absolute atomic E-state index is 14.4. The van der Waals surface area contributed by atoms with Gasteiger partial charge >= 0.3 is 0 Å². The van der Waals surface area contributed by atoms with Gasteiger partial charge in [0.2, 0.25) is 0 Å². The van der Waals surface area contributed by atoms with Gasteiger partial charge in [-0.2, -0.15) is 0 Å². The summed E-state index contributed by atoms with van der Waals surface area (Å²) in [6, 6.07) is 14.1.